The van der Waals surface area contributed by atoms with Gasteiger partial charge in [-0.05, 0) is 48.4 Å². The smallest absolute Gasteiger partial charge is 0.335 e. The van der Waals surface area contributed by atoms with E-state index in [1.54, 1.807) is 12.1 Å². The number of allylic oxidation sites excluding steroid dienone is 1. The van der Waals surface area contributed by atoms with Crippen molar-refractivity contribution in [2.24, 2.45) is 5.92 Å². The first kappa shape index (κ1) is 8.72. The Labute approximate surface area is 88.2 Å². The fraction of sp³-hybridized carbons (Fsp3) is 0.308. The maximum absolute atomic E-state index is 10.8. The Hall–Kier alpha value is -1.57. The lowest BCUT2D eigenvalue weighted by Gasteiger charge is -2.00. The predicted octanol–water partition coefficient (Wildman–Crippen LogP) is 2.73. The van der Waals surface area contributed by atoms with Crippen LogP contribution >= 0.6 is 0 Å². The molecule has 0 bridgehead atoms. The number of fused-ring (bicyclic) bond motifs is 1. The van der Waals surface area contributed by atoms with Crippen LogP contribution in [-0.2, 0) is 6.42 Å². The first-order valence-electron chi connectivity index (χ1n) is 5.31. The van der Waals surface area contributed by atoms with Gasteiger partial charge in [-0.3, -0.25) is 0 Å². The van der Waals surface area contributed by atoms with Crippen molar-refractivity contribution in [3.8, 4) is 0 Å². The van der Waals surface area contributed by atoms with Crippen LogP contribution in [0, 0.1) is 5.92 Å². The summed E-state index contributed by atoms with van der Waals surface area (Å²) < 4.78 is 0. The Morgan fingerprint density at radius 3 is 2.80 bits per heavy atom. The lowest BCUT2D eigenvalue weighted by atomic mass is 10.1. The lowest BCUT2D eigenvalue weighted by molar-refractivity contribution is 0.0697. The predicted molar refractivity (Wildman–Crippen MR) is 57.8 cm³/mol. The summed E-state index contributed by atoms with van der Waals surface area (Å²) in [5.41, 5.74) is 4.27. The minimum Gasteiger partial charge on any atom is -0.478 e. The molecule has 1 aromatic carbocycles. The van der Waals surface area contributed by atoms with Gasteiger partial charge in [-0.15, -0.1) is 0 Å². The number of hydrogen-bond donors (Lipinski definition) is 1. The van der Waals surface area contributed by atoms with E-state index in [2.05, 4.69) is 6.08 Å². The topological polar surface area (TPSA) is 37.3 Å². The molecule has 0 radical (unpaired) electrons. The van der Waals surface area contributed by atoms with E-state index in [0.29, 0.717) is 5.56 Å². The molecule has 0 atom stereocenters. The number of rotatable bonds is 2. The summed E-state index contributed by atoms with van der Waals surface area (Å²) in [5.74, 6) is -0.0586. The van der Waals surface area contributed by atoms with E-state index in [4.69, 9.17) is 5.11 Å². The zero-order chi connectivity index (χ0) is 10.4. The molecule has 0 aliphatic heterocycles. The van der Waals surface area contributed by atoms with Crippen molar-refractivity contribution in [1.82, 2.24) is 0 Å². The van der Waals surface area contributed by atoms with E-state index < -0.39 is 5.97 Å². The third-order valence-electron chi connectivity index (χ3n) is 3.23. The second-order valence-electron chi connectivity index (χ2n) is 4.39. The van der Waals surface area contributed by atoms with Crippen LogP contribution in [0.3, 0.4) is 0 Å². The van der Waals surface area contributed by atoms with Crippen molar-refractivity contribution in [2.75, 3.05) is 0 Å². The Balaban J connectivity index is 1.98. The van der Waals surface area contributed by atoms with Crippen LogP contribution in [0.25, 0.3) is 6.08 Å². The van der Waals surface area contributed by atoms with Gasteiger partial charge < -0.3 is 5.11 Å². The van der Waals surface area contributed by atoms with Crippen LogP contribution in [0.15, 0.2) is 23.8 Å². The largest absolute Gasteiger partial charge is 0.478 e. The van der Waals surface area contributed by atoms with Gasteiger partial charge in [0.1, 0.15) is 0 Å². The summed E-state index contributed by atoms with van der Waals surface area (Å²) in [6.45, 7) is 0. The molecule has 1 N–H and O–H groups in total. The Kier molecular flexibility index (Phi) is 1.72. The number of benzene rings is 1. The number of carbonyl (C=O) groups is 1. The van der Waals surface area contributed by atoms with Crippen molar-refractivity contribution >= 4 is 12.0 Å². The highest BCUT2D eigenvalue weighted by Gasteiger charge is 2.28. The Bertz CT molecular complexity index is 467. The van der Waals surface area contributed by atoms with Crippen LogP contribution in [0.4, 0.5) is 0 Å². The van der Waals surface area contributed by atoms with Crippen molar-refractivity contribution in [3.63, 3.8) is 0 Å². The molecule has 1 fully saturated rings. The molecular formula is C13H12O2. The number of hydrogen-bond acceptors (Lipinski definition) is 1. The molecule has 2 aliphatic rings. The van der Waals surface area contributed by atoms with Gasteiger partial charge in [-0.25, -0.2) is 4.79 Å². The molecule has 2 nitrogen and oxygen atoms in total. The quantitative estimate of drug-likeness (QED) is 0.797. The van der Waals surface area contributed by atoms with E-state index in [9.17, 15) is 4.79 Å². The number of carboxylic acid groups (broad SMARTS) is 1. The van der Waals surface area contributed by atoms with Crippen molar-refractivity contribution in [1.29, 1.82) is 0 Å². The average molecular weight is 200 g/mol. The SMILES string of the molecule is O=C(O)c1ccc2c(c1)C=C(C1CC1)C2. The van der Waals surface area contributed by atoms with Crippen LogP contribution in [0.2, 0.25) is 0 Å². The highest BCUT2D eigenvalue weighted by Crippen LogP contribution is 2.42. The highest BCUT2D eigenvalue weighted by molar-refractivity contribution is 5.89. The summed E-state index contributed by atoms with van der Waals surface area (Å²) in [7, 11) is 0. The third kappa shape index (κ3) is 1.46. The van der Waals surface area contributed by atoms with Gasteiger partial charge in [0, 0.05) is 0 Å². The minimum atomic E-state index is -0.842. The Morgan fingerprint density at radius 1 is 1.33 bits per heavy atom. The van der Waals surface area contributed by atoms with Gasteiger partial charge in [-0.2, -0.15) is 0 Å². The van der Waals surface area contributed by atoms with E-state index in [1.165, 1.54) is 24.0 Å². The molecule has 0 heterocycles. The lowest BCUT2D eigenvalue weighted by Crippen LogP contribution is -1.96. The van der Waals surface area contributed by atoms with E-state index in [1.807, 2.05) is 6.07 Å². The third-order valence-corrected chi connectivity index (χ3v) is 3.23. The van der Waals surface area contributed by atoms with Crippen LogP contribution in [0.1, 0.15) is 34.3 Å². The van der Waals surface area contributed by atoms with Crippen LogP contribution in [0.5, 0.6) is 0 Å². The molecule has 1 aromatic rings. The summed E-state index contributed by atoms with van der Waals surface area (Å²) >= 11 is 0. The second-order valence-corrected chi connectivity index (χ2v) is 4.39. The first-order valence-corrected chi connectivity index (χ1v) is 5.31. The molecule has 0 unspecified atom stereocenters. The zero-order valence-electron chi connectivity index (χ0n) is 8.36. The molecule has 0 aromatic heterocycles. The molecule has 0 saturated heterocycles. The fourth-order valence-corrected chi connectivity index (χ4v) is 2.21. The van der Waals surface area contributed by atoms with E-state index >= 15 is 0 Å². The van der Waals surface area contributed by atoms with Crippen molar-refractivity contribution in [2.45, 2.75) is 19.3 Å². The van der Waals surface area contributed by atoms with Crippen molar-refractivity contribution in [3.05, 3.63) is 40.5 Å². The molecule has 0 spiro atoms. The first-order chi connectivity index (χ1) is 7.24. The molecule has 76 valence electrons. The summed E-state index contributed by atoms with van der Waals surface area (Å²) in [6.07, 6.45) is 5.83. The zero-order valence-corrected chi connectivity index (χ0v) is 8.36. The normalized spacial score (nSPS) is 18.5. The highest BCUT2D eigenvalue weighted by atomic mass is 16.4. The standard InChI is InChI=1S/C13H12O2/c14-13(15)10-4-3-9-5-11(8-1-2-8)7-12(9)6-10/h3-4,6-8H,1-2,5H2,(H,14,15). The minimum absolute atomic E-state index is 0.391. The number of aromatic carboxylic acids is 1. The molecule has 2 aliphatic carbocycles. The summed E-state index contributed by atoms with van der Waals surface area (Å²) in [4.78, 5) is 10.8. The van der Waals surface area contributed by atoms with E-state index in [0.717, 1.165) is 17.9 Å². The van der Waals surface area contributed by atoms with Gasteiger partial charge in [0.15, 0.2) is 0 Å². The molecular weight excluding hydrogens is 188 g/mol. The fourth-order valence-electron chi connectivity index (χ4n) is 2.21. The molecule has 15 heavy (non-hydrogen) atoms. The molecule has 1 saturated carbocycles. The Morgan fingerprint density at radius 2 is 2.13 bits per heavy atom. The van der Waals surface area contributed by atoms with Gasteiger partial charge in [0.2, 0.25) is 0 Å². The number of carboxylic acids is 1. The van der Waals surface area contributed by atoms with Gasteiger partial charge in [-0.1, -0.05) is 17.7 Å². The average Bonchev–Trinajstić information content (AvgIpc) is 2.97. The maximum atomic E-state index is 10.8. The van der Waals surface area contributed by atoms with Gasteiger partial charge >= 0.3 is 5.97 Å². The van der Waals surface area contributed by atoms with Gasteiger partial charge in [0.25, 0.3) is 0 Å². The second kappa shape index (κ2) is 2.96. The van der Waals surface area contributed by atoms with Crippen LogP contribution < -0.4 is 0 Å². The molecule has 2 heteroatoms. The molecule has 3 rings (SSSR count). The van der Waals surface area contributed by atoms with Crippen LogP contribution in [-0.4, -0.2) is 11.1 Å². The van der Waals surface area contributed by atoms with Crippen molar-refractivity contribution < 1.29 is 9.90 Å². The summed E-state index contributed by atoms with van der Waals surface area (Å²) in [6, 6.07) is 5.43. The monoisotopic (exact) mass is 200 g/mol. The summed E-state index contributed by atoms with van der Waals surface area (Å²) in [5, 5.41) is 8.88. The van der Waals surface area contributed by atoms with E-state index in [-0.39, 0.29) is 0 Å². The molecule has 0 amide bonds. The maximum Gasteiger partial charge on any atom is 0.335 e. The van der Waals surface area contributed by atoms with Gasteiger partial charge in [0.05, 0.1) is 5.56 Å².